The normalized spacial score (nSPS) is 10.9. The van der Waals surface area contributed by atoms with Gasteiger partial charge in [-0.05, 0) is 41.9 Å². The molecule has 3 rings (SSSR count). The van der Waals surface area contributed by atoms with Crippen molar-refractivity contribution < 1.29 is 5.11 Å². The van der Waals surface area contributed by atoms with Gasteiger partial charge in [-0.2, -0.15) is 0 Å². The van der Waals surface area contributed by atoms with Crippen LogP contribution in [0.5, 0.6) is 5.75 Å². The van der Waals surface area contributed by atoms with E-state index in [1.807, 2.05) is 13.0 Å². The molecule has 0 bridgehead atoms. The zero-order valence-electron chi connectivity index (χ0n) is 10.5. The minimum absolute atomic E-state index is 0.000530. The Labute approximate surface area is 119 Å². The number of phenols is 1. The Bertz CT molecular complexity index is 827. The van der Waals surface area contributed by atoms with E-state index in [1.165, 1.54) is 6.07 Å². The van der Waals surface area contributed by atoms with Crippen molar-refractivity contribution in [3.63, 3.8) is 0 Å². The molecule has 0 radical (unpaired) electrons. The SMILES string of the molecule is Cc1ccc2nc(-c3cc(Cl)ccc3O)c(N=O)n2c1. The van der Waals surface area contributed by atoms with Gasteiger partial charge in [0.15, 0.2) is 0 Å². The summed E-state index contributed by atoms with van der Waals surface area (Å²) in [6.45, 7) is 1.91. The zero-order chi connectivity index (χ0) is 14.3. The first-order valence-corrected chi connectivity index (χ1v) is 6.29. The molecule has 0 amide bonds. The third-order valence-corrected chi connectivity index (χ3v) is 3.28. The standard InChI is InChI=1S/C14H10ClN3O2/c1-8-2-5-12-16-13(14(17-20)18(12)7-8)10-6-9(15)3-4-11(10)19/h2-7,19H,1H3. The molecule has 0 spiro atoms. The summed E-state index contributed by atoms with van der Waals surface area (Å²) in [7, 11) is 0. The van der Waals surface area contributed by atoms with Gasteiger partial charge in [0, 0.05) is 16.8 Å². The van der Waals surface area contributed by atoms with E-state index in [9.17, 15) is 10.0 Å². The molecule has 0 saturated carbocycles. The largest absolute Gasteiger partial charge is 0.507 e. The van der Waals surface area contributed by atoms with Gasteiger partial charge in [-0.3, -0.25) is 4.40 Å². The highest BCUT2D eigenvalue weighted by Gasteiger charge is 2.18. The molecule has 0 atom stereocenters. The lowest BCUT2D eigenvalue weighted by atomic mass is 10.1. The van der Waals surface area contributed by atoms with Gasteiger partial charge >= 0.3 is 0 Å². The average molecular weight is 288 g/mol. The molecule has 2 aromatic heterocycles. The lowest BCUT2D eigenvalue weighted by molar-refractivity contribution is 0.477. The molecule has 20 heavy (non-hydrogen) atoms. The van der Waals surface area contributed by atoms with Gasteiger partial charge in [0.2, 0.25) is 5.82 Å². The summed E-state index contributed by atoms with van der Waals surface area (Å²) < 4.78 is 1.60. The molecule has 100 valence electrons. The van der Waals surface area contributed by atoms with E-state index < -0.39 is 0 Å². The van der Waals surface area contributed by atoms with Gasteiger partial charge in [0.25, 0.3) is 0 Å². The van der Waals surface area contributed by atoms with Crippen molar-refractivity contribution in [2.45, 2.75) is 6.92 Å². The molecule has 3 aromatic rings. The summed E-state index contributed by atoms with van der Waals surface area (Å²) in [5, 5.41) is 13.4. The summed E-state index contributed by atoms with van der Waals surface area (Å²) >= 11 is 5.93. The number of nitrogens with zero attached hydrogens (tertiary/aromatic N) is 3. The number of benzene rings is 1. The number of aromatic hydroxyl groups is 1. The first-order chi connectivity index (χ1) is 9.60. The van der Waals surface area contributed by atoms with E-state index in [4.69, 9.17) is 11.6 Å². The fourth-order valence-corrected chi connectivity index (χ4v) is 2.28. The zero-order valence-corrected chi connectivity index (χ0v) is 11.3. The molecule has 0 saturated heterocycles. The molecule has 0 aliphatic heterocycles. The highest BCUT2D eigenvalue weighted by Crippen LogP contribution is 2.37. The molecule has 1 N–H and O–H groups in total. The highest BCUT2D eigenvalue weighted by molar-refractivity contribution is 6.31. The van der Waals surface area contributed by atoms with Crippen LogP contribution in [0.3, 0.4) is 0 Å². The molecule has 6 heteroatoms. The Morgan fingerprint density at radius 2 is 2.10 bits per heavy atom. The van der Waals surface area contributed by atoms with Crippen molar-refractivity contribution >= 4 is 23.1 Å². The predicted molar refractivity (Wildman–Crippen MR) is 77.5 cm³/mol. The van der Waals surface area contributed by atoms with Gasteiger partial charge in [-0.25, -0.2) is 4.98 Å². The number of rotatable bonds is 2. The number of pyridine rings is 1. The number of halogens is 1. The maximum Gasteiger partial charge on any atom is 0.209 e. The number of aryl methyl sites for hydroxylation is 1. The van der Waals surface area contributed by atoms with Gasteiger partial charge in [-0.15, -0.1) is 4.91 Å². The van der Waals surface area contributed by atoms with E-state index in [2.05, 4.69) is 10.2 Å². The Hall–Kier alpha value is -2.40. The summed E-state index contributed by atoms with van der Waals surface area (Å²) in [6, 6.07) is 8.25. The number of fused-ring (bicyclic) bond motifs is 1. The summed E-state index contributed by atoms with van der Waals surface area (Å²) in [6.07, 6.45) is 1.77. The maximum absolute atomic E-state index is 11.2. The first-order valence-electron chi connectivity index (χ1n) is 5.91. The number of hydrogen-bond donors (Lipinski definition) is 1. The van der Waals surface area contributed by atoms with Crippen LogP contribution in [0.1, 0.15) is 5.56 Å². The van der Waals surface area contributed by atoms with Crippen LogP contribution in [-0.2, 0) is 0 Å². The number of nitroso groups, excluding NO2 is 1. The third kappa shape index (κ3) is 1.92. The molecular formula is C14H10ClN3O2. The summed E-state index contributed by atoms with van der Waals surface area (Å²) in [4.78, 5) is 15.5. The minimum atomic E-state index is -0.000530. The fourth-order valence-electron chi connectivity index (χ4n) is 2.10. The number of hydrogen-bond acceptors (Lipinski definition) is 4. The van der Waals surface area contributed by atoms with Crippen molar-refractivity contribution in [1.82, 2.24) is 9.38 Å². The van der Waals surface area contributed by atoms with Crippen molar-refractivity contribution in [3.05, 3.63) is 52.0 Å². The highest BCUT2D eigenvalue weighted by atomic mass is 35.5. The van der Waals surface area contributed by atoms with E-state index in [1.54, 1.807) is 28.8 Å². The number of aromatic nitrogens is 2. The smallest absolute Gasteiger partial charge is 0.209 e. The topological polar surface area (TPSA) is 67.0 Å². The van der Waals surface area contributed by atoms with E-state index >= 15 is 0 Å². The predicted octanol–water partition coefficient (Wildman–Crippen LogP) is 4.07. The van der Waals surface area contributed by atoms with Crippen LogP contribution in [0.2, 0.25) is 5.02 Å². The van der Waals surface area contributed by atoms with E-state index in [0.29, 0.717) is 21.9 Å². The van der Waals surface area contributed by atoms with E-state index in [-0.39, 0.29) is 11.6 Å². The third-order valence-electron chi connectivity index (χ3n) is 3.04. The van der Waals surface area contributed by atoms with Gasteiger partial charge in [-0.1, -0.05) is 17.7 Å². The Morgan fingerprint density at radius 1 is 1.30 bits per heavy atom. The molecule has 0 aliphatic carbocycles. The summed E-state index contributed by atoms with van der Waals surface area (Å²) in [5.41, 5.74) is 2.25. The number of imidazole rings is 1. The molecule has 5 nitrogen and oxygen atoms in total. The Kier molecular flexibility index (Phi) is 2.91. The molecule has 0 aliphatic rings. The molecule has 0 unspecified atom stereocenters. The van der Waals surface area contributed by atoms with Gasteiger partial charge in [0.1, 0.15) is 17.1 Å². The maximum atomic E-state index is 11.2. The quantitative estimate of drug-likeness (QED) is 0.723. The number of phenolic OH excluding ortho intramolecular Hbond substituents is 1. The minimum Gasteiger partial charge on any atom is -0.507 e. The second-order valence-electron chi connectivity index (χ2n) is 4.47. The molecule has 2 heterocycles. The van der Waals surface area contributed by atoms with E-state index in [0.717, 1.165) is 5.56 Å². The van der Waals surface area contributed by atoms with Crippen molar-refractivity contribution in [3.8, 4) is 17.0 Å². The van der Waals surface area contributed by atoms with Crippen LogP contribution in [-0.4, -0.2) is 14.5 Å². The fraction of sp³-hybridized carbons (Fsp3) is 0.0714. The summed E-state index contributed by atoms with van der Waals surface area (Å²) in [5.74, 6) is 0.140. The second kappa shape index (κ2) is 4.61. The molecule has 0 fully saturated rings. The van der Waals surface area contributed by atoms with Crippen molar-refractivity contribution in [2.75, 3.05) is 0 Å². The molecule has 1 aromatic carbocycles. The van der Waals surface area contributed by atoms with Crippen LogP contribution in [0, 0.1) is 11.8 Å². The monoisotopic (exact) mass is 287 g/mol. The first kappa shape index (κ1) is 12.6. The van der Waals surface area contributed by atoms with Crippen LogP contribution in [0.15, 0.2) is 41.7 Å². The molecular weight excluding hydrogens is 278 g/mol. The van der Waals surface area contributed by atoms with Crippen LogP contribution in [0.25, 0.3) is 16.9 Å². The van der Waals surface area contributed by atoms with Crippen LogP contribution < -0.4 is 0 Å². The Balaban J connectivity index is 2.36. The van der Waals surface area contributed by atoms with Gasteiger partial charge < -0.3 is 5.11 Å². The Morgan fingerprint density at radius 3 is 2.85 bits per heavy atom. The second-order valence-corrected chi connectivity index (χ2v) is 4.91. The van der Waals surface area contributed by atoms with Crippen LogP contribution >= 0.6 is 11.6 Å². The van der Waals surface area contributed by atoms with Gasteiger partial charge in [0.05, 0.1) is 0 Å². The van der Waals surface area contributed by atoms with Crippen molar-refractivity contribution in [1.29, 1.82) is 0 Å². The lowest BCUT2D eigenvalue weighted by Crippen LogP contribution is -1.84. The average Bonchev–Trinajstić information content (AvgIpc) is 2.79. The van der Waals surface area contributed by atoms with Crippen LogP contribution in [0.4, 0.5) is 5.82 Å². The lowest BCUT2D eigenvalue weighted by Gasteiger charge is -2.02. The van der Waals surface area contributed by atoms with Crippen molar-refractivity contribution in [2.24, 2.45) is 5.18 Å².